The molecule has 0 aliphatic heterocycles. The molecule has 1 amide bonds. The Labute approximate surface area is 126 Å². The summed E-state index contributed by atoms with van der Waals surface area (Å²) in [5.41, 5.74) is -0.00620. The summed E-state index contributed by atoms with van der Waals surface area (Å²) in [6.07, 6.45) is 1.56. The summed E-state index contributed by atoms with van der Waals surface area (Å²) in [6.45, 7) is 5.54. The van der Waals surface area contributed by atoms with Gasteiger partial charge in [0.25, 0.3) is 5.91 Å². The maximum atomic E-state index is 12.3. The lowest BCUT2D eigenvalue weighted by atomic mass is 10.0. The van der Waals surface area contributed by atoms with Crippen LogP contribution in [0.4, 0.5) is 0 Å². The summed E-state index contributed by atoms with van der Waals surface area (Å²) in [5, 5.41) is 15.5. The zero-order valence-corrected chi connectivity index (χ0v) is 12.5. The molecule has 2 aromatic rings. The number of nitrogens with one attached hydrogen (secondary N) is 1. The summed E-state index contributed by atoms with van der Waals surface area (Å²) in [7, 11) is 0. The first-order valence-corrected chi connectivity index (χ1v) is 6.87. The predicted molar refractivity (Wildman–Crippen MR) is 74.4 cm³/mol. The average molecular weight is 307 g/mol. The van der Waals surface area contributed by atoms with Crippen LogP contribution in [0.2, 0.25) is 0 Å². The molecule has 118 valence electrons. The average Bonchev–Trinajstić information content (AvgIpc) is 3.12. The van der Waals surface area contributed by atoms with Gasteiger partial charge in [0.2, 0.25) is 6.39 Å². The van der Waals surface area contributed by atoms with E-state index in [9.17, 15) is 9.59 Å². The van der Waals surface area contributed by atoms with Gasteiger partial charge in [0.15, 0.2) is 11.6 Å². The number of furan rings is 1. The van der Waals surface area contributed by atoms with Crippen LogP contribution in [0.3, 0.4) is 0 Å². The van der Waals surface area contributed by atoms with Gasteiger partial charge in [-0.2, -0.15) is 4.98 Å². The van der Waals surface area contributed by atoms with Gasteiger partial charge in [-0.1, -0.05) is 25.9 Å². The third kappa shape index (κ3) is 3.16. The number of carboxylic acid groups (broad SMARTS) is 1. The smallest absolute Gasteiger partial charge is 0.339 e. The highest BCUT2D eigenvalue weighted by Gasteiger charge is 2.26. The molecule has 2 N–H and O–H groups in total. The Balaban J connectivity index is 2.22. The third-order valence-electron chi connectivity index (χ3n) is 3.19. The van der Waals surface area contributed by atoms with E-state index in [1.54, 1.807) is 6.92 Å². The van der Waals surface area contributed by atoms with Crippen molar-refractivity contribution in [1.82, 2.24) is 15.5 Å². The second kappa shape index (κ2) is 6.42. The van der Waals surface area contributed by atoms with Gasteiger partial charge in [-0.15, -0.1) is 0 Å². The largest absolute Gasteiger partial charge is 0.478 e. The summed E-state index contributed by atoms with van der Waals surface area (Å²) in [4.78, 5) is 27.3. The van der Waals surface area contributed by atoms with E-state index in [2.05, 4.69) is 15.5 Å². The van der Waals surface area contributed by atoms with E-state index in [1.807, 2.05) is 13.8 Å². The molecule has 22 heavy (non-hydrogen) atoms. The summed E-state index contributed by atoms with van der Waals surface area (Å²) in [5.74, 6) is -1.07. The number of hydrogen-bond acceptors (Lipinski definition) is 6. The Hall–Kier alpha value is -2.64. The molecule has 0 bridgehead atoms. The van der Waals surface area contributed by atoms with E-state index in [1.165, 1.54) is 12.5 Å². The maximum absolute atomic E-state index is 12.3. The molecule has 0 radical (unpaired) electrons. The van der Waals surface area contributed by atoms with Crippen molar-refractivity contribution < 1.29 is 23.6 Å². The quantitative estimate of drug-likeness (QED) is 0.838. The number of carboxylic acids is 1. The molecule has 2 heterocycles. The highest BCUT2D eigenvalue weighted by molar-refractivity contribution is 5.96. The van der Waals surface area contributed by atoms with Gasteiger partial charge in [0.1, 0.15) is 11.3 Å². The van der Waals surface area contributed by atoms with Gasteiger partial charge in [0, 0.05) is 12.5 Å². The number of hydrogen-bond donors (Lipinski definition) is 2. The van der Waals surface area contributed by atoms with E-state index in [0.29, 0.717) is 12.2 Å². The normalized spacial score (nSPS) is 12.4. The molecule has 2 aromatic heterocycles. The van der Waals surface area contributed by atoms with Crippen molar-refractivity contribution in [2.45, 2.75) is 33.2 Å². The molecule has 1 unspecified atom stereocenters. The lowest BCUT2D eigenvalue weighted by Gasteiger charge is -2.18. The zero-order valence-electron chi connectivity index (χ0n) is 12.5. The Bertz CT molecular complexity index is 660. The zero-order chi connectivity index (χ0) is 16.3. The molecule has 0 saturated carbocycles. The second-order valence-corrected chi connectivity index (χ2v) is 5.09. The van der Waals surface area contributed by atoms with E-state index in [4.69, 9.17) is 14.0 Å². The van der Waals surface area contributed by atoms with E-state index < -0.39 is 17.9 Å². The Morgan fingerprint density at radius 3 is 2.59 bits per heavy atom. The predicted octanol–water partition coefficient (Wildman–Crippen LogP) is 2.05. The lowest BCUT2D eigenvalue weighted by molar-refractivity contribution is 0.0694. The standard InChI is InChI=1S/C14H17N3O5/c1-4-9-8(14(19)20)5-10(22-9)13(18)16-11(7(2)3)12-15-6-21-17-12/h5-7,11H,4H2,1-3H3,(H,16,18)(H,19,20). The minimum Gasteiger partial charge on any atom is -0.478 e. The summed E-state index contributed by atoms with van der Waals surface area (Å²) < 4.78 is 10.0. The van der Waals surface area contributed by atoms with Gasteiger partial charge in [-0.05, 0) is 5.92 Å². The van der Waals surface area contributed by atoms with Gasteiger partial charge < -0.3 is 19.4 Å². The molecule has 0 aromatic carbocycles. The van der Waals surface area contributed by atoms with Crippen molar-refractivity contribution in [2.75, 3.05) is 0 Å². The molecule has 8 heteroatoms. The molecule has 1 atom stereocenters. The molecule has 0 fully saturated rings. The van der Waals surface area contributed by atoms with Crippen LogP contribution in [0, 0.1) is 5.92 Å². The summed E-state index contributed by atoms with van der Waals surface area (Å²) >= 11 is 0. The number of rotatable bonds is 6. The van der Waals surface area contributed by atoms with Crippen molar-refractivity contribution in [3.8, 4) is 0 Å². The van der Waals surface area contributed by atoms with Crippen molar-refractivity contribution in [3.05, 3.63) is 35.4 Å². The fraction of sp³-hybridized carbons (Fsp3) is 0.429. The molecule has 0 aliphatic carbocycles. The first-order chi connectivity index (χ1) is 10.4. The van der Waals surface area contributed by atoms with Crippen LogP contribution in [-0.4, -0.2) is 27.1 Å². The molecule has 0 saturated heterocycles. The number of carbonyl (C=O) groups excluding carboxylic acids is 1. The number of aromatic carboxylic acids is 1. The number of aryl methyl sites for hydroxylation is 1. The highest BCUT2D eigenvalue weighted by atomic mass is 16.5. The van der Waals surface area contributed by atoms with Crippen LogP contribution < -0.4 is 5.32 Å². The van der Waals surface area contributed by atoms with E-state index in [-0.39, 0.29) is 23.0 Å². The van der Waals surface area contributed by atoms with Crippen LogP contribution in [0.25, 0.3) is 0 Å². The number of nitrogens with zero attached hydrogens (tertiary/aromatic N) is 2. The molecule has 2 rings (SSSR count). The molecular formula is C14H17N3O5. The second-order valence-electron chi connectivity index (χ2n) is 5.09. The van der Waals surface area contributed by atoms with Crippen LogP contribution in [-0.2, 0) is 6.42 Å². The Morgan fingerprint density at radius 2 is 2.14 bits per heavy atom. The van der Waals surface area contributed by atoms with Crippen molar-refractivity contribution in [3.63, 3.8) is 0 Å². The first kappa shape index (κ1) is 15.7. The van der Waals surface area contributed by atoms with Crippen molar-refractivity contribution in [2.24, 2.45) is 5.92 Å². The number of aromatic nitrogens is 2. The summed E-state index contributed by atoms with van der Waals surface area (Å²) in [6, 6.07) is 0.763. The molecule has 8 nitrogen and oxygen atoms in total. The minimum absolute atomic E-state index is 0.00620. The monoisotopic (exact) mass is 307 g/mol. The van der Waals surface area contributed by atoms with Gasteiger partial charge >= 0.3 is 5.97 Å². The fourth-order valence-corrected chi connectivity index (χ4v) is 2.04. The molecule has 0 aliphatic rings. The molecule has 0 spiro atoms. The van der Waals surface area contributed by atoms with Gasteiger partial charge in [-0.3, -0.25) is 4.79 Å². The fourth-order valence-electron chi connectivity index (χ4n) is 2.04. The van der Waals surface area contributed by atoms with Crippen molar-refractivity contribution >= 4 is 11.9 Å². The van der Waals surface area contributed by atoms with Gasteiger partial charge in [-0.25, -0.2) is 4.79 Å². The number of amides is 1. The van der Waals surface area contributed by atoms with Gasteiger partial charge in [0.05, 0.1) is 6.04 Å². The van der Waals surface area contributed by atoms with Crippen LogP contribution >= 0.6 is 0 Å². The van der Waals surface area contributed by atoms with Crippen molar-refractivity contribution in [1.29, 1.82) is 0 Å². The van der Waals surface area contributed by atoms with Crippen LogP contribution in [0.1, 0.15) is 59.3 Å². The maximum Gasteiger partial charge on any atom is 0.339 e. The van der Waals surface area contributed by atoms with E-state index >= 15 is 0 Å². The lowest BCUT2D eigenvalue weighted by Crippen LogP contribution is -2.32. The highest BCUT2D eigenvalue weighted by Crippen LogP contribution is 2.21. The number of carbonyl (C=O) groups is 2. The Kier molecular flexibility index (Phi) is 4.59. The SMILES string of the molecule is CCc1oc(C(=O)NC(c2ncon2)C(C)C)cc1C(=O)O. The topological polar surface area (TPSA) is 118 Å². The van der Waals surface area contributed by atoms with E-state index in [0.717, 1.165) is 0 Å². The van der Waals surface area contributed by atoms with Crippen LogP contribution in [0.15, 0.2) is 21.4 Å². The first-order valence-electron chi connectivity index (χ1n) is 6.87. The molecular weight excluding hydrogens is 290 g/mol. The third-order valence-corrected chi connectivity index (χ3v) is 3.19. The minimum atomic E-state index is -1.13. The van der Waals surface area contributed by atoms with Crippen LogP contribution in [0.5, 0.6) is 0 Å². The Morgan fingerprint density at radius 1 is 1.41 bits per heavy atom.